The van der Waals surface area contributed by atoms with Crippen LogP contribution in [0.1, 0.15) is 33.4 Å². The molecule has 0 atom stereocenters. The molecule has 0 saturated carbocycles. The SMILES string of the molecule is Cc1cccc(C)c1Oc1c(C2(c3c(Oc4c(C)cccc4C)n(-c4ccccc4)c4c(Cl)nccc34)CNCCN2C=O)c2ccnc(Cl)c2n1-c1ccccc1. The zero-order valence-electron chi connectivity index (χ0n) is 32.5. The molecule has 9 nitrogen and oxygen atoms in total. The molecule has 1 amide bonds. The van der Waals surface area contributed by atoms with E-state index in [1.165, 1.54) is 0 Å². The number of carbonyl (C=O) groups is 1. The van der Waals surface area contributed by atoms with Gasteiger partial charge in [0.15, 0.2) is 10.3 Å². The van der Waals surface area contributed by atoms with Crippen molar-refractivity contribution in [2.24, 2.45) is 0 Å². The van der Waals surface area contributed by atoms with Gasteiger partial charge in [-0.25, -0.2) is 9.97 Å². The lowest BCUT2D eigenvalue weighted by Gasteiger charge is -2.46. The Morgan fingerprint density at radius 2 is 1.05 bits per heavy atom. The molecule has 1 aliphatic rings. The van der Waals surface area contributed by atoms with Gasteiger partial charge in [-0.15, -0.1) is 0 Å². The summed E-state index contributed by atoms with van der Waals surface area (Å²) in [5, 5.41) is 5.75. The first-order valence-corrected chi connectivity index (χ1v) is 19.9. The number of para-hydroxylation sites is 4. The van der Waals surface area contributed by atoms with Crippen molar-refractivity contribution >= 4 is 51.4 Å². The van der Waals surface area contributed by atoms with E-state index >= 15 is 0 Å². The van der Waals surface area contributed by atoms with Gasteiger partial charge in [0.05, 0.1) is 22.2 Å². The average Bonchev–Trinajstić information content (AvgIpc) is 3.76. The number of ether oxygens (including phenoxy) is 2. The summed E-state index contributed by atoms with van der Waals surface area (Å²) in [7, 11) is 0. The topological polar surface area (TPSA) is 86.4 Å². The fourth-order valence-electron chi connectivity index (χ4n) is 8.59. The molecule has 1 N–H and O–H groups in total. The number of nitrogens with zero attached hydrogens (tertiary/aromatic N) is 5. The smallest absolute Gasteiger partial charge is 0.211 e. The molecule has 1 saturated heterocycles. The van der Waals surface area contributed by atoms with Gasteiger partial charge < -0.3 is 19.7 Å². The van der Waals surface area contributed by atoms with Gasteiger partial charge in [-0.2, -0.15) is 0 Å². The van der Waals surface area contributed by atoms with E-state index in [0.717, 1.165) is 50.8 Å². The van der Waals surface area contributed by atoms with Gasteiger partial charge in [0.2, 0.25) is 18.2 Å². The molecule has 4 aromatic carbocycles. The second-order valence-corrected chi connectivity index (χ2v) is 15.4. The first-order valence-electron chi connectivity index (χ1n) is 19.1. The number of halogens is 2. The molecule has 9 rings (SSSR count). The van der Waals surface area contributed by atoms with Gasteiger partial charge in [0, 0.05) is 54.2 Å². The minimum atomic E-state index is -1.32. The highest BCUT2D eigenvalue weighted by atomic mass is 35.5. The van der Waals surface area contributed by atoms with Crippen molar-refractivity contribution in [3.05, 3.63) is 165 Å². The van der Waals surface area contributed by atoms with Gasteiger partial charge in [-0.05, 0) is 86.3 Å². The molecule has 58 heavy (non-hydrogen) atoms. The lowest BCUT2D eigenvalue weighted by Crippen LogP contribution is -2.59. The second kappa shape index (κ2) is 15.0. The fraction of sp³-hybridized carbons (Fsp3) is 0.170. The van der Waals surface area contributed by atoms with Crippen LogP contribution >= 0.6 is 23.2 Å². The van der Waals surface area contributed by atoms with Gasteiger partial charge in [-0.3, -0.25) is 13.9 Å². The normalized spacial score (nSPS) is 13.9. The first-order chi connectivity index (χ1) is 28.2. The lowest BCUT2D eigenvalue weighted by molar-refractivity contribution is -0.124. The number of nitrogens with one attached hydrogen (secondary N) is 1. The Kier molecular flexibility index (Phi) is 9.68. The number of pyridine rings is 2. The summed E-state index contributed by atoms with van der Waals surface area (Å²) in [6, 6.07) is 35.9. The molecule has 290 valence electrons. The maximum absolute atomic E-state index is 14.0. The molecule has 1 fully saturated rings. The van der Waals surface area contributed by atoms with Crippen LogP contribution in [0.5, 0.6) is 23.3 Å². The highest BCUT2D eigenvalue weighted by molar-refractivity contribution is 6.35. The average molecular weight is 808 g/mol. The van der Waals surface area contributed by atoms with Crippen molar-refractivity contribution in [1.29, 1.82) is 0 Å². The molecule has 0 radical (unpaired) electrons. The van der Waals surface area contributed by atoms with Gasteiger partial charge in [0.1, 0.15) is 17.0 Å². The van der Waals surface area contributed by atoms with E-state index in [0.29, 0.717) is 58.5 Å². The molecule has 8 aromatic rings. The summed E-state index contributed by atoms with van der Waals surface area (Å²) in [5.74, 6) is 2.33. The van der Waals surface area contributed by atoms with E-state index in [9.17, 15) is 4.79 Å². The van der Waals surface area contributed by atoms with Crippen LogP contribution < -0.4 is 14.8 Å². The Bertz CT molecular complexity index is 2630. The van der Waals surface area contributed by atoms with E-state index < -0.39 is 5.54 Å². The summed E-state index contributed by atoms with van der Waals surface area (Å²) in [4.78, 5) is 25.0. The molecular weight excluding hydrogens is 767 g/mol. The number of amides is 1. The summed E-state index contributed by atoms with van der Waals surface area (Å²) in [5.41, 5.74) is 6.73. The summed E-state index contributed by atoms with van der Waals surface area (Å²) < 4.78 is 18.7. The Morgan fingerprint density at radius 3 is 1.47 bits per heavy atom. The third-order valence-corrected chi connectivity index (χ3v) is 11.7. The minimum absolute atomic E-state index is 0.277. The van der Waals surface area contributed by atoms with Crippen LogP contribution in [0.2, 0.25) is 10.3 Å². The number of fused-ring (bicyclic) bond motifs is 2. The highest BCUT2D eigenvalue weighted by Crippen LogP contribution is 2.56. The summed E-state index contributed by atoms with van der Waals surface area (Å²) in [6.45, 7) is 9.31. The lowest BCUT2D eigenvalue weighted by atomic mass is 9.79. The molecule has 0 spiro atoms. The van der Waals surface area contributed by atoms with Crippen molar-refractivity contribution in [1.82, 2.24) is 29.3 Å². The number of aromatic nitrogens is 4. The van der Waals surface area contributed by atoms with Crippen LogP contribution in [0, 0.1) is 27.7 Å². The minimum Gasteiger partial charge on any atom is -0.439 e. The standard InChI is InChI=1S/C47H40Cl2N6O3/c1-29-13-11-14-30(2)41(29)57-45-37(35-21-23-51-43(48)39(35)54(45)33-17-7-5-8-18-33)47(27-50-25-26-53(47)28-56)38-36-22-24-52-44(49)40(36)55(34-19-9-6-10-20-34)46(38)58-42-31(3)15-12-16-32(42)4/h5-24,28,50H,25-27H2,1-4H3. The number of benzene rings is 4. The van der Waals surface area contributed by atoms with Crippen molar-refractivity contribution in [3.63, 3.8) is 0 Å². The van der Waals surface area contributed by atoms with Crippen LogP contribution in [0.15, 0.2) is 122 Å². The monoisotopic (exact) mass is 806 g/mol. The number of aryl methyl sites for hydroxylation is 4. The highest BCUT2D eigenvalue weighted by Gasteiger charge is 2.52. The van der Waals surface area contributed by atoms with Crippen molar-refractivity contribution < 1.29 is 14.3 Å². The number of rotatable bonds is 9. The number of hydrogen-bond donors (Lipinski definition) is 1. The Labute approximate surface area is 346 Å². The maximum Gasteiger partial charge on any atom is 0.211 e. The molecule has 0 bridgehead atoms. The van der Waals surface area contributed by atoms with Crippen LogP contribution in [0.25, 0.3) is 33.2 Å². The summed E-state index contributed by atoms with van der Waals surface area (Å²) >= 11 is 14.4. The molecule has 1 aliphatic heterocycles. The predicted octanol–water partition coefficient (Wildman–Crippen LogP) is 10.8. The number of carbonyl (C=O) groups excluding carboxylic acids is 1. The Hall–Kier alpha value is -6.13. The first kappa shape index (κ1) is 37.4. The van der Waals surface area contributed by atoms with E-state index in [1.54, 1.807) is 12.4 Å². The zero-order valence-corrected chi connectivity index (χ0v) is 34.0. The molecule has 0 unspecified atom stereocenters. The second-order valence-electron chi connectivity index (χ2n) is 14.7. The zero-order chi connectivity index (χ0) is 40.1. The van der Waals surface area contributed by atoms with Gasteiger partial charge in [0.25, 0.3) is 0 Å². The molecule has 11 heteroatoms. The van der Waals surface area contributed by atoms with Crippen LogP contribution in [0.4, 0.5) is 0 Å². The molecule has 0 aliphatic carbocycles. The third kappa shape index (κ3) is 5.92. The van der Waals surface area contributed by atoms with E-state index in [-0.39, 0.29) is 16.9 Å². The fourth-order valence-corrected chi connectivity index (χ4v) is 9.07. The molecule has 5 heterocycles. The van der Waals surface area contributed by atoms with Crippen LogP contribution in [-0.2, 0) is 10.3 Å². The van der Waals surface area contributed by atoms with E-state index in [4.69, 9.17) is 32.7 Å². The number of piperazine rings is 1. The van der Waals surface area contributed by atoms with Crippen molar-refractivity contribution in [2.75, 3.05) is 19.6 Å². The summed E-state index contributed by atoms with van der Waals surface area (Å²) in [6.07, 6.45) is 4.32. The Morgan fingerprint density at radius 1 is 0.621 bits per heavy atom. The van der Waals surface area contributed by atoms with Crippen LogP contribution in [0.3, 0.4) is 0 Å². The van der Waals surface area contributed by atoms with E-state index in [1.807, 2.05) is 151 Å². The predicted molar refractivity (Wildman–Crippen MR) is 231 cm³/mol. The largest absolute Gasteiger partial charge is 0.439 e. The van der Waals surface area contributed by atoms with Gasteiger partial charge in [-0.1, -0.05) is 96.0 Å². The van der Waals surface area contributed by atoms with Crippen molar-refractivity contribution in [3.8, 4) is 34.6 Å². The molecular formula is C47H40Cl2N6O3. The van der Waals surface area contributed by atoms with Gasteiger partial charge >= 0.3 is 0 Å². The number of hydrogen-bond acceptors (Lipinski definition) is 6. The quantitative estimate of drug-likeness (QED) is 0.115. The van der Waals surface area contributed by atoms with E-state index in [2.05, 4.69) is 15.3 Å². The van der Waals surface area contributed by atoms with Crippen molar-refractivity contribution in [2.45, 2.75) is 33.2 Å². The van der Waals surface area contributed by atoms with Crippen LogP contribution in [-0.4, -0.2) is 50.0 Å². The Balaban J connectivity index is 1.52. The maximum atomic E-state index is 14.0. The molecule has 4 aromatic heterocycles. The third-order valence-electron chi connectivity index (χ3n) is 11.2.